The maximum absolute atomic E-state index is 13.3. The normalized spacial score (nSPS) is 15.2. The van der Waals surface area contributed by atoms with E-state index in [1.165, 1.54) is 18.2 Å². The van der Waals surface area contributed by atoms with Gasteiger partial charge in [0.15, 0.2) is 0 Å². The molecule has 5 rings (SSSR count). The second kappa shape index (κ2) is 9.23. The number of urea groups is 1. The van der Waals surface area contributed by atoms with Crippen LogP contribution in [0.5, 0.6) is 0 Å². The van der Waals surface area contributed by atoms with Crippen molar-refractivity contribution in [1.29, 1.82) is 0 Å². The highest BCUT2D eigenvalue weighted by molar-refractivity contribution is 6.39. The molecule has 1 aliphatic rings. The van der Waals surface area contributed by atoms with Crippen LogP contribution in [-0.2, 0) is 16.1 Å². The topological polar surface area (TPSA) is 71.4 Å². The number of benzene rings is 3. The molecule has 0 bridgehead atoms. The molecule has 2 heterocycles. The number of hydrogen-bond acceptors (Lipinski definition) is 3. The fourth-order valence-electron chi connectivity index (χ4n) is 3.99. The van der Waals surface area contributed by atoms with Gasteiger partial charge in [-0.3, -0.25) is 14.9 Å². The average Bonchev–Trinajstić information content (AvgIpc) is 3.17. The summed E-state index contributed by atoms with van der Waals surface area (Å²) in [5.74, 6) is -1.48. The van der Waals surface area contributed by atoms with Gasteiger partial charge in [-0.15, -0.1) is 0 Å². The number of fused-ring (bicyclic) bond motifs is 1. The highest BCUT2D eigenvalue weighted by atomic mass is 35.5. The standard InChI is InChI=1S/C26H16Cl3N3O3/c27-17-7-9-19(10-8-17)32-25(34)21(24(33)30-26(32)35)11-16-14-31(23-4-2-1-3-20(16)23)13-15-5-6-18(28)12-22(15)29/h1-12,14H,13H2,(H,30,33,35). The van der Waals surface area contributed by atoms with Crippen molar-refractivity contribution in [3.05, 3.63) is 105 Å². The number of hydrogen-bond donors (Lipinski definition) is 1. The molecule has 6 nitrogen and oxygen atoms in total. The molecule has 0 unspecified atom stereocenters. The van der Waals surface area contributed by atoms with E-state index >= 15 is 0 Å². The monoisotopic (exact) mass is 523 g/mol. The van der Waals surface area contributed by atoms with Crippen molar-refractivity contribution >= 4 is 75.3 Å². The van der Waals surface area contributed by atoms with Crippen LogP contribution < -0.4 is 10.2 Å². The van der Waals surface area contributed by atoms with Crippen LogP contribution in [0, 0.1) is 0 Å². The number of halogens is 3. The third-order valence-electron chi connectivity index (χ3n) is 5.66. The molecule has 1 aromatic heterocycles. The lowest BCUT2D eigenvalue weighted by Crippen LogP contribution is -2.54. The molecule has 35 heavy (non-hydrogen) atoms. The Kier molecular flexibility index (Phi) is 6.11. The highest BCUT2D eigenvalue weighted by Crippen LogP contribution is 2.29. The molecule has 174 valence electrons. The summed E-state index contributed by atoms with van der Waals surface area (Å²) in [5, 5.41) is 4.61. The van der Waals surface area contributed by atoms with E-state index in [9.17, 15) is 14.4 Å². The number of anilines is 1. The number of nitrogens with one attached hydrogen (secondary N) is 1. The number of barbiturate groups is 1. The summed E-state index contributed by atoms with van der Waals surface area (Å²) >= 11 is 18.3. The van der Waals surface area contributed by atoms with Gasteiger partial charge in [0, 0.05) is 44.3 Å². The Hall–Kier alpha value is -3.58. The highest BCUT2D eigenvalue weighted by Gasteiger charge is 2.37. The summed E-state index contributed by atoms with van der Waals surface area (Å²) in [5.41, 5.74) is 2.54. The zero-order valence-electron chi connectivity index (χ0n) is 18.0. The Bertz CT molecular complexity index is 1540. The zero-order chi connectivity index (χ0) is 24.7. The summed E-state index contributed by atoms with van der Waals surface area (Å²) in [7, 11) is 0. The van der Waals surface area contributed by atoms with Gasteiger partial charge in [-0.2, -0.15) is 0 Å². The smallest absolute Gasteiger partial charge is 0.335 e. The van der Waals surface area contributed by atoms with Gasteiger partial charge in [0.1, 0.15) is 5.57 Å². The van der Waals surface area contributed by atoms with Crippen molar-refractivity contribution in [3.8, 4) is 0 Å². The number of carbonyl (C=O) groups excluding carboxylic acids is 3. The zero-order valence-corrected chi connectivity index (χ0v) is 20.2. The van der Waals surface area contributed by atoms with Crippen LogP contribution in [0.2, 0.25) is 15.1 Å². The number of carbonyl (C=O) groups is 3. The van der Waals surface area contributed by atoms with Gasteiger partial charge in [-0.05, 0) is 54.1 Å². The van der Waals surface area contributed by atoms with E-state index in [0.717, 1.165) is 21.4 Å². The molecule has 1 saturated heterocycles. The lowest BCUT2D eigenvalue weighted by atomic mass is 10.1. The largest absolute Gasteiger partial charge is 0.342 e. The second-order valence-corrected chi connectivity index (χ2v) is 9.18. The molecule has 0 spiro atoms. The van der Waals surface area contributed by atoms with Crippen molar-refractivity contribution in [3.63, 3.8) is 0 Å². The minimum atomic E-state index is -0.820. The predicted octanol–water partition coefficient (Wildman–Crippen LogP) is 6.32. The van der Waals surface area contributed by atoms with E-state index < -0.39 is 17.8 Å². The van der Waals surface area contributed by atoms with Gasteiger partial charge < -0.3 is 4.57 Å². The van der Waals surface area contributed by atoms with Crippen LogP contribution in [0.3, 0.4) is 0 Å². The molecule has 1 N–H and O–H groups in total. The van der Waals surface area contributed by atoms with Crippen LogP contribution in [0.25, 0.3) is 17.0 Å². The van der Waals surface area contributed by atoms with Gasteiger partial charge in [-0.25, -0.2) is 9.69 Å². The van der Waals surface area contributed by atoms with Gasteiger partial charge in [0.2, 0.25) is 0 Å². The molecule has 0 saturated carbocycles. The third kappa shape index (κ3) is 4.44. The Labute approximate surface area is 215 Å². The van der Waals surface area contributed by atoms with Gasteiger partial charge >= 0.3 is 6.03 Å². The molecule has 4 amide bonds. The minimum absolute atomic E-state index is 0.160. The molecular weight excluding hydrogens is 509 g/mol. The van der Waals surface area contributed by atoms with E-state index in [0.29, 0.717) is 32.9 Å². The van der Waals surface area contributed by atoms with Crippen molar-refractivity contribution in [2.24, 2.45) is 0 Å². The van der Waals surface area contributed by atoms with E-state index in [-0.39, 0.29) is 5.57 Å². The fraction of sp³-hybridized carbons (Fsp3) is 0.0385. The predicted molar refractivity (Wildman–Crippen MR) is 138 cm³/mol. The molecule has 0 aliphatic carbocycles. The van der Waals surface area contributed by atoms with Crippen LogP contribution in [0.15, 0.2) is 78.5 Å². The molecule has 1 aliphatic heterocycles. The van der Waals surface area contributed by atoms with Crippen molar-refractivity contribution in [1.82, 2.24) is 9.88 Å². The average molecular weight is 525 g/mol. The van der Waals surface area contributed by atoms with Crippen molar-refractivity contribution < 1.29 is 14.4 Å². The van der Waals surface area contributed by atoms with E-state index in [2.05, 4.69) is 5.32 Å². The van der Waals surface area contributed by atoms with Crippen molar-refractivity contribution in [2.45, 2.75) is 6.54 Å². The molecule has 1 fully saturated rings. The molecular formula is C26H16Cl3N3O3. The Morgan fingerprint density at radius 2 is 1.57 bits per heavy atom. The maximum Gasteiger partial charge on any atom is 0.335 e. The Morgan fingerprint density at radius 1 is 0.857 bits per heavy atom. The summed E-state index contributed by atoms with van der Waals surface area (Å²) in [4.78, 5) is 39.3. The molecule has 4 aromatic rings. The number of imide groups is 2. The van der Waals surface area contributed by atoms with E-state index in [4.69, 9.17) is 34.8 Å². The molecule has 9 heteroatoms. The van der Waals surface area contributed by atoms with Crippen molar-refractivity contribution in [2.75, 3.05) is 4.90 Å². The lowest BCUT2D eigenvalue weighted by Gasteiger charge is -2.26. The first-order valence-corrected chi connectivity index (χ1v) is 11.6. The quantitative estimate of drug-likeness (QED) is 0.251. The number of para-hydroxylation sites is 1. The molecule has 3 aromatic carbocycles. The Balaban J connectivity index is 1.57. The maximum atomic E-state index is 13.3. The number of amides is 4. The summed E-state index contributed by atoms with van der Waals surface area (Å²) in [6.07, 6.45) is 3.33. The van der Waals surface area contributed by atoms with E-state index in [1.807, 2.05) is 41.1 Å². The summed E-state index contributed by atoms with van der Waals surface area (Å²) in [6.45, 7) is 0.454. The van der Waals surface area contributed by atoms with Gasteiger partial charge in [0.05, 0.1) is 5.69 Å². The van der Waals surface area contributed by atoms with Crippen LogP contribution in [0.4, 0.5) is 10.5 Å². The van der Waals surface area contributed by atoms with Gasteiger partial charge in [-0.1, -0.05) is 59.1 Å². The summed E-state index contributed by atoms with van der Waals surface area (Å²) in [6, 6.07) is 18.3. The van der Waals surface area contributed by atoms with Crippen LogP contribution in [0.1, 0.15) is 11.1 Å². The number of rotatable bonds is 4. The van der Waals surface area contributed by atoms with E-state index in [1.54, 1.807) is 24.3 Å². The summed E-state index contributed by atoms with van der Waals surface area (Å²) < 4.78 is 1.98. The first-order valence-electron chi connectivity index (χ1n) is 10.5. The second-order valence-electron chi connectivity index (χ2n) is 7.90. The third-order valence-corrected chi connectivity index (χ3v) is 6.50. The lowest BCUT2D eigenvalue weighted by molar-refractivity contribution is -0.122. The SMILES string of the molecule is O=C1NC(=O)N(c2ccc(Cl)cc2)C(=O)C1=Cc1cn(Cc2ccc(Cl)cc2Cl)c2ccccc12. The van der Waals surface area contributed by atoms with Crippen LogP contribution >= 0.6 is 34.8 Å². The Morgan fingerprint density at radius 3 is 2.31 bits per heavy atom. The fourth-order valence-corrected chi connectivity index (χ4v) is 4.59. The van der Waals surface area contributed by atoms with Crippen LogP contribution in [-0.4, -0.2) is 22.4 Å². The molecule has 0 atom stereocenters. The number of nitrogens with zero attached hydrogens (tertiary/aromatic N) is 2. The molecule has 0 radical (unpaired) electrons. The first-order chi connectivity index (χ1) is 16.8. The minimum Gasteiger partial charge on any atom is -0.342 e. The van der Waals surface area contributed by atoms with Gasteiger partial charge in [0.25, 0.3) is 11.8 Å². The number of aromatic nitrogens is 1. The first kappa shape index (κ1) is 23.2.